The van der Waals surface area contributed by atoms with Crippen molar-refractivity contribution >= 4 is 0 Å². The Kier molecular flexibility index (Phi) is 2.18. The number of hydrogen-bond acceptors (Lipinski definition) is 3. The Morgan fingerprint density at radius 3 is 2.79 bits per heavy atom. The lowest BCUT2D eigenvalue weighted by atomic mass is 10.0. The maximum Gasteiger partial charge on any atom is 0.0995 e. The lowest BCUT2D eigenvalue weighted by Gasteiger charge is -2.02. The minimum Gasteiger partial charge on any atom is -0.307 e. The molecule has 2 rings (SSSR count). The molecule has 0 aromatic heterocycles. The summed E-state index contributed by atoms with van der Waals surface area (Å²) in [7, 11) is 0. The van der Waals surface area contributed by atoms with E-state index >= 15 is 0 Å². The number of hydrogen-bond donors (Lipinski definition) is 1. The molecule has 0 saturated carbocycles. The summed E-state index contributed by atoms with van der Waals surface area (Å²) in [6.07, 6.45) is 0.408. The monoisotopic (exact) mass is 183 g/mol. The summed E-state index contributed by atoms with van der Waals surface area (Å²) in [6.45, 7) is 0.935. The number of rotatable bonds is 2. The van der Waals surface area contributed by atoms with Gasteiger partial charge in [-0.25, -0.2) is 0 Å². The molecular weight excluding hydrogens is 174 g/mol. The van der Waals surface area contributed by atoms with Crippen LogP contribution in [0.25, 0.3) is 0 Å². The topological polar surface area (TPSA) is 69.5 Å². The van der Waals surface area contributed by atoms with Gasteiger partial charge in [0.05, 0.1) is 24.1 Å². The molecule has 0 spiro atoms. The Labute approximate surface area is 82.6 Å². The lowest BCUT2D eigenvalue weighted by molar-refractivity contribution is 1.06. The molecule has 0 bridgehead atoms. The van der Waals surface area contributed by atoms with Crippen LogP contribution >= 0.6 is 0 Å². The Hall–Kier alpha value is -1.84. The Bertz CT molecular complexity index is 433. The van der Waals surface area contributed by atoms with Crippen LogP contribution in [0.5, 0.6) is 0 Å². The fraction of sp³-hybridized carbons (Fsp3) is 0.273. The van der Waals surface area contributed by atoms with Crippen LogP contribution < -0.4 is 5.32 Å². The minimum absolute atomic E-state index is 0.322. The van der Waals surface area contributed by atoms with E-state index in [4.69, 9.17) is 10.5 Å². The van der Waals surface area contributed by atoms with Crippen LogP contribution in [0.1, 0.15) is 22.7 Å². The Morgan fingerprint density at radius 2 is 2.21 bits per heavy atom. The number of benzene rings is 1. The number of nitriles is 2. The molecule has 0 amide bonds. The Balaban J connectivity index is 2.38. The molecule has 1 aliphatic rings. The van der Waals surface area contributed by atoms with Crippen molar-refractivity contribution in [3.63, 3.8) is 0 Å². The van der Waals surface area contributed by atoms with Crippen molar-refractivity contribution in [2.45, 2.75) is 12.5 Å². The molecular formula is C11H9N3. The first kappa shape index (κ1) is 8.74. The van der Waals surface area contributed by atoms with Crippen LogP contribution in [0.4, 0.5) is 0 Å². The molecule has 1 atom stereocenters. The third kappa shape index (κ3) is 1.59. The van der Waals surface area contributed by atoms with Crippen molar-refractivity contribution < 1.29 is 0 Å². The van der Waals surface area contributed by atoms with E-state index in [1.165, 1.54) is 0 Å². The van der Waals surface area contributed by atoms with Gasteiger partial charge in [-0.1, -0.05) is 12.1 Å². The SMILES string of the molecule is N#CCc1ccc(C#N)c(C2CN2)c1. The minimum atomic E-state index is 0.322. The van der Waals surface area contributed by atoms with Gasteiger partial charge in [-0.3, -0.25) is 0 Å². The van der Waals surface area contributed by atoms with E-state index < -0.39 is 0 Å². The van der Waals surface area contributed by atoms with Gasteiger partial charge >= 0.3 is 0 Å². The molecule has 14 heavy (non-hydrogen) atoms. The standard InChI is InChI=1S/C11H9N3/c12-4-3-8-1-2-9(6-13)10(5-8)11-7-14-11/h1-2,5,11,14H,3,7H2. The summed E-state index contributed by atoms with van der Waals surface area (Å²) in [5.41, 5.74) is 2.72. The summed E-state index contributed by atoms with van der Waals surface area (Å²) < 4.78 is 0. The lowest BCUT2D eigenvalue weighted by Crippen LogP contribution is -1.93. The molecule has 3 heteroatoms. The molecule has 1 aromatic carbocycles. The average molecular weight is 183 g/mol. The van der Waals surface area contributed by atoms with Gasteiger partial charge in [0.25, 0.3) is 0 Å². The first-order valence-corrected chi connectivity index (χ1v) is 4.48. The molecule has 1 heterocycles. The van der Waals surface area contributed by atoms with Crippen LogP contribution in [0.2, 0.25) is 0 Å². The van der Waals surface area contributed by atoms with Crippen molar-refractivity contribution in [1.29, 1.82) is 10.5 Å². The second-order valence-electron chi connectivity index (χ2n) is 3.33. The average Bonchev–Trinajstić information content (AvgIpc) is 3.01. The highest BCUT2D eigenvalue weighted by atomic mass is 15.1. The predicted molar refractivity (Wildman–Crippen MR) is 51.2 cm³/mol. The molecule has 1 aromatic rings. The molecule has 68 valence electrons. The molecule has 1 saturated heterocycles. The molecule has 1 N–H and O–H groups in total. The highest BCUT2D eigenvalue weighted by molar-refractivity contribution is 5.44. The summed E-state index contributed by atoms with van der Waals surface area (Å²) in [5.74, 6) is 0. The van der Waals surface area contributed by atoms with E-state index in [1.54, 1.807) is 6.07 Å². The zero-order valence-electron chi connectivity index (χ0n) is 7.62. The maximum absolute atomic E-state index is 8.87. The van der Waals surface area contributed by atoms with Gasteiger partial charge in [0.1, 0.15) is 0 Å². The second-order valence-corrected chi connectivity index (χ2v) is 3.33. The largest absolute Gasteiger partial charge is 0.307 e. The van der Waals surface area contributed by atoms with Gasteiger partial charge in [-0.05, 0) is 17.2 Å². The van der Waals surface area contributed by atoms with Crippen molar-refractivity contribution in [2.24, 2.45) is 0 Å². The van der Waals surface area contributed by atoms with Crippen molar-refractivity contribution in [3.8, 4) is 12.1 Å². The van der Waals surface area contributed by atoms with Crippen molar-refractivity contribution in [2.75, 3.05) is 6.54 Å². The maximum atomic E-state index is 8.87. The summed E-state index contributed by atoms with van der Waals surface area (Å²) in [5, 5.41) is 20.6. The highest BCUT2D eigenvalue weighted by Gasteiger charge is 2.25. The van der Waals surface area contributed by atoms with E-state index in [-0.39, 0.29) is 0 Å². The van der Waals surface area contributed by atoms with Gasteiger partial charge in [-0.15, -0.1) is 0 Å². The third-order valence-electron chi connectivity index (χ3n) is 2.30. The first-order valence-electron chi connectivity index (χ1n) is 4.48. The number of nitrogens with zero attached hydrogens (tertiary/aromatic N) is 2. The van der Waals surface area contributed by atoms with Gasteiger partial charge < -0.3 is 5.32 Å². The number of nitrogens with one attached hydrogen (secondary N) is 1. The molecule has 1 fully saturated rings. The Morgan fingerprint density at radius 1 is 1.43 bits per heavy atom. The normalized spacial score (nSPS) is 18.3. The van der Waals surface area contributed by atoms with Gasteiger partial charge in [0.2, 0.25) is 0 Å². The van der Waals surface area contributed by atoms with Crippen molar-refractivity contribution in [3.05, 3.63) is 34.9 Å². The molecule has 0 aliphatic carbocycles. The highest BCUT2D eigenvalue weighted by Crippen LogP contribution is 2.25. The fourth-order valence-corrected chi connectivity index (χ4v) is 1.48. The van der Waals surface area contributed by atoms with E-state index in [0.717, 1.165) is 17.7 Å². The van der Waals surface area contributed by atoms with E-state index in [1.807, 2.05) is 12.1 Å². The third-order valence-corrected chi connectivity index (χ3v) is 2.30. The van der Waals surface area contributed by atoms with Crippen LogP contribution in [0, 0.1) is 22.7 Å². The quantitative estimate of drug-likeness (QED) is 0.702. The summed E-state index contributed by atoms with van der Waals surface area (Å²) in [6, 6.07) is 10.2. The van der Waals surface area contributed by atoms with Gasteiger partial charge in [0, 0.05) is 12.6 Å². The van der Waals surface area contributed by atoms with E-state index in [0.29, 0.717) is 18.0 Å². The van der Waals surface area contributed by atoms with Crippen LogP contribution in [-0.2, 0) is 6.42 Å². The van der Waals surface area contributed by atoms with E-state index in [9.17, 15) is 0 Å². The molecule has 1 aliphatic heterocycles. The van der Waals surface area contributed by atoms with Crippen LogP contribution in [-0.4, -0.2) is 6.54 Å². The van der Waals surface area contributed by atoms with Crippen molar-refractivity contribution in [1.82, 2.24) is 5.32 Å². The molecule has 0 radical (unpaired) electrons. The van der Waals surface area contributed by atoms with Crippen LogP contribution in [0.3, 0.4) is 0 Å². The predicted octanol–water partition coefficient (Wildman–Crippen LogP) is 1.27. The van der Waals surface area contributed by atoms with Crippen LogP contribution in [0.15, 0.2) is 18.2 Å². The van der Waals surface area contributed by atoms with E-state index in [2.05, 4.69) is 17.5 Å². The fourth-order valence-electron chi connectivity index (χ4n) is 1.48. The zero-order chi connectivity index (χ0) is 9.97. The summed E-state index contributed by atoms with van der Waals surface area (Å²) in [4.78, 5) is 0. The van der Waals surface area contributed by atoms with Gasteiger partial charge in [-0.2, -0.15) is 10.5 Å². The van der Waals surface area contributed by atoms with Gasteiger partial charge in [0.15, 0.2) is 0 Å². The summed E-state index contributed by atoms with van der Waals surface area (Å²) >= 11 is 0. The zero-order valence-corrected chi connectivity index (χ0v) is 7.62. The second kappa shape index (κ2) is 3.49. The first-order chi connectivity index (χ1) is 6.85. The smallest absolute Gasteiger partial charge is 0.0995 e. The molecule has 1 unspecified atom stereocenters. The molecule has 3 nitrogen and oxygen atoms in total.